The van der Waals surface area contributed by atoms with E-state index in [9.17, 15) is 4.79 Å². The summed E-state index contributed by atoms with van der Waals surface area (Å²) in [6.07, 6.45) is 0. The maximum atomic E-state index is 12.5. The van der Waals surface area contributed by atoms with Gasteiger partial charge in [0.1, 0.15) is 11.5 Å². The number of hydrogen-bond acceptors (Lipinski definition) is 6. The number of nitrogens with zero attached hydrogens (tertiary/aromatic N) is 3. The van der Waals surface area contributed by atoms with Gasteiger partial charge in [-0.05, 0) is 43.3 Å². The van der Waals surface area contributed by atoms with Crippen LogP contribution in [-0.4, -0.2) is 36.9 Å². The van der Waals surface area contributed by atoms with Crippen LogP contribution in [-0.2, 0) is 0 Å². The molecule has 0 aliphatic carbocycles. The smallest absolute Gasteiger partial charge is 0.257 e. The summed E-state index contributed by atoms with van der Waals surface area (Å²) in [6.45, 7) is 2.79. The molecule has 0 bridgehead atoms. The quantitative estimate of drug-likeness (QED) is 0.672. The van der Waals surface area contributed by atoms with Gasteiger partial charge in [-0.3, -0.25) is 4.79 Å². The number of ether oxygens (including phenoxy) is 2. The highest BCUT2D eigenvalue weighted by Crippen LogP contribution is 2.24. The van der Waals surface area contributed by atoms with Crippen molar-refractivity contribution < 1.29 is 14.3 Å². The number of aromatic nitrogens is 2. The Morgan fingerprint density at radius 1 is 0.964 bits per heavy atom. The second-order valence-corrected chi connectivity index (χ2v) is 5.91. The molecular weight excluding hydrogens is 356 g/mol. The molecule has 7 heteroatoms. The summed E-state index contributed by atoms with van der Waals surface area (Å²) in [5.74, 6) is 1.81. The van der Waals surface area contributed by atoms with E-state index in [0.717, 1.165) is 12.2 Å². The van der Waals surface area contributed by atoms with Crippen LogP contribution in [0.2, 0.25) is 0 Å². The lowest BCUT2D eigenvalue weighted by Crippen LogP contribution is -2.18. The van der Waals surface area contributed by atoms with Gasteiger partial charge in [0.05, 0.1) is 14.2 Å². The summed E-state index contributed by atoms with van der Waals surface area (Å²) in [4.78, 5) is 14.6. The standard InChI is InChI=1S/C21H22N4O3/c1-4-25(16-8-6-5-7-9-16)20-11-10-19(23-24-20)22-21(26)15-12-17(27-2)14-18(13-15)28-3/h5-14H,4H2,1-3H3,(H,22,23,26). The molecule has 0 radical (unpaired) electrons. The van der Waals surface area contributed by atoms with Crippen molar-refractivity contribution in [1.82, 2.24) is 10.2 Å². The van der Waals surface area contributed by atoms with Crippen LogP contribution in [0.5, 0.6) is 11.5 Å². The number of benzene rings is 2. The Hall–Kier alpha value is -3.61. The third-order valence-electron chi connectivity index (χ3n) is 4.17. The van der Waals surface area contributed by atoms with E-state index in [1.165, 1.54) is 14.2 Å². The first-order valence-electron chi connectivity index (χ1n) is 8.85. The molecule has 0 fully saturated rings. The number of amides is 1. The molecule has 2 aromatic carbocycles. The van der Waals surface area contributed by atoms with Gasteiger partial charge in [-0.25, -0.2) is 0 Å². The number of hydrogen-bond donors (Lipinski definition) is 1. The van der Waals surface area contributed by atoms with Gasteiger partial charge in [0, 0.05) is 23.9 Å². The molecule has 1 amide bonds. The highest BCUT2D eigenvalue weighted by Gasteiger charge is 2.13. The minimum absolute atomic E-state index is 0.324. The minimum atomic E-state index is -0.324. The van der Waals surface area contributed by atoms with Gasteiger partial charge in [-0.15, -0.1) is 10.2 Å². The summed E-state index contributed by atoms with van der Waals surface area (Å²) in [5.41, 5.74) is 1.43. The number of carbonyl (C=O) groups excluding carboxylic acids is 1. The molecule has 1 N–H and O–H groups in total. The largest absolute Gasteiger partial charge is 0.497 e. The number of rotatable bonds is 7. The Bertz CT molecular complexity index is 908. The van der Waals surface area contributed by atoms with Crippen LogP contribution >= 0.6 is 0 Å². The van der Waals surface area contributed by atoms with E-state index >= 15 is 0 Å². The van der Waals surface area contributed by atoms with Crippen molar-refractivity contribution in [1.29, 1.82) is 0 Å². The Morgan fingerprint density at radius 2 is 1.64 bits per heavy atom. The number of carbonyl (C=O) groups is 1. The normalized spacial score (nSPS) is 10.2. The molecule has 0 spiro atoms. The summed E-state index contributed by atoms with van der Waals surface area (Å²) >= 11 is 0. The topological polar surface area (TPSA) is 76.6 Å². The minimum Gasteiger partial charge on any atom is -0.497 e. The molecule has 0 aliphatic rings. The van der Waals surface area contributed by atoms with E-state index < -0.39 is 0 Å². The zero-order valence-corrected chi connectivity index (χ0v) is 16.0. The lowest BCUT2D eigenvalue weighted by atomic mass is 10.2. The molecule has 28 heavy (non-hydrogen) atoms. The van der Waals surface area contributed by atoms with Crippen molar-refractivity contribution in [2.24, 2.45) is 0 Å². The zero-order valence-electron chi connectivity index (χ0n) is 16.0. The Morgan fingerprint density at radius 3 is 2.18 bits per heavy atom. The predicted molar refractivity (Wildman–Crippen MR) is 109 cm³/mol. The molecule has 0 unspecified atom stereocenters. The van der Waals surface area contributed by atoms with E-state index in [2.05, 4.69) is 15.5 Å². The van der Waals surface area contributed by atoms with Crippen molar-refractivity contribution in [3.8, 4) is 11.5 Å². The Labute approximate surface area is 163 Å². The second kappa shape index (κ2) is 8.85. The van der Waals surface area contributed by atoms with E-state index in [4.69, 9.17) is 9.47 Å². The number of para-hydroxylation sites is 1. The lowest BCUT2D eigenvalue weighted by molar-refractivity contribution is 0.102. The van der Waals surface area contributed by atoms with E-state index in [1.807, 2.05) is 48.2 Å². The van der Waals surface area contributed by atoms with Crippen molar-refractivity contribution >= 4 is 23.2 Å². The van der Waals surface area contributed by atoms with Gasteiger partial charge in [-0.1, -0.05) is 18.2 Å². The van der Waals surface area contributed by atoms with Crippen molar-refractivity contribution in [3.05, 3.63) is 66.2 Å². The predicted octanol–water partition coefficient (Wildman–Crippen LogP) is 3.90. The Kier molecular flexibility index (Phi) is 6.06. The fourth-order valence-corrected chi connectivity index (χ4v) is 2.75. The highest BCUT2D eigenvalue weighted by molar-refractivity contribution is 6.04. The highest BCUT2D eigenvalue weighted by atomic mass is 16.5. The molecule has 3 rings (SSSR count). The van der Waals surface area contributed by atoms with E-state index in [-0.39, 0.29) is 5.91 Å². The maximum Gasteiger partial charge on any atom is 0.257 e. The average molecular weight is 378 g/mol. The summed E-state index contributed by atoms with van der Waals surface area (Å²) in [7, 11) is 3.07. The molecule has 0 saturated heterocycles. The number of nitrogens with one attached hydrogen (secondary N) is 1. The van der Waals surface area contributed by atoms with Crippen LogP contribution in [0.1, 0.15) is 17.3 Å². The molecule has 0 atom stereocenters. The van der Waals surface area contributed by atoms with Gasteiger partial charge in [-0.2, -0.15) is 0 Å². The second-order valence-electron chi connectivity index (χ2n) is 5.91. The monoisotopic (exact) mass is 378 g/mol. The lowest BCUT2D eigenvalue weighted by Gasteiger charge is -2.21. The van der Waals surface area contributed by atoms with Gasteiger partial charge in [0.25, 0.3) is 5.91 Å². The molecule has 0 aliphatic heterocycles. The third kappa shape index (κ3) is 4.37. The van der Waals surface area contributed by atoms with Crippen LogP contribution < -0.4 is 19.7 Å². The van der Waals surface area contributed by atoms with Crippen molar-refractivity contribution in [2.75, 3.05) is 31.0 Å². The summed E-state index contributed by atoms with van der Waals surface area (Å²) in [5, 5.41) is 11.1. The molecule has 1 aromatic heterocycles. The summed E-state index contributed by atoms with van der Waals surface area (Å²) < 4.78 is 10.4. The molecule has 0 saturated carbocycles. The number of methoxy groups -OCH3 is 2. The van der Waals surface area contributed by atoms with Gasteiger partial charge < -0.3 is 19.7 Å². The zero-order chi connectivity index (χ0) is 19.9. The molecule has 144 valence electrons. The van der Waals surface area contributed by atoms with Gasteiger partial charge in [0.15, 0.2) is 11.6 Å². The van der Waals surface area contributed by atoms with E-state index in [1.54, 1.807) is 24.3 Å². The first-order chi connectivity index (χ1) is 13.6. The first-order valence-corrected chi connectivity index (χ1v) is 8.85. The van der Waals surface area contributed by atoms with E-state index in [0.29, 0.717) is 28.7 Å². The first kappa shape index (κ1) is 19.2. The van der Waals surface area contributed by atoms with Crippen molar-refractivity contribution in [2.45, 2.75) is 6.92 Å². The van der Waals surface area contributed by atoms with Gasteiger partial charge >= 0.3 is 0 Å². The van der Waals surface area contributed by atoms with Crippen LogP contribution in [0.3, 0.4) is 0 Å². The number of anilines is 3. The molecule has 3 aromatic rings. The third-order valence-corrected chi connectivity index (χ3v) is 4.17. The fourth-order valence-electron chi connectivity index (χ4n) is 2.75. The van der Waals surface area contributed by atoms with Crippen LogP contribution in [0, 0.1) is 0 Å². The molecular formula is C21H22N4O3. The van der Waals surface area contributed by atoms with Crippen molar-refractivity contribution in [3.63, 3.8) is 0 Å². The SMILES string of the molecule is CCN(c1ccccc1)c1ccc(NC(=O)c2cc(OC)cc(OC)c2)nn1. The summed E-state index contributed by atoms with van der Waals surface area (Å²) in [6, 6.07) is 18.5. The van der Waals surface area contributed by atoms with Crippen LogP contribution in [0.25, 0.3) is 0 Å². The van der Waals surface area contributed by atoms with Crippen LogP contribution in [0.4, 0.5) is 17.3 Å². The Balaban J connectivity index is 1.76. The maximum absolute atomic E-state index is 12.5. The molecule has 7 nitrogen and oxygen atoms in total. The van der Waals surface area contributed by atoms with Gasteiger partial charge in [0.2, 0.25) is 0 Å². The van der Waals surface area contributed by atoms with Crippen LogP contribution in [0.15, 0.2) is 60.7 Å². The fraction of sp³-hybridized carbons (Fsp3) is 0.190. The average Bonchev–Trinajstić information content (AvgIpc) is 2.75. The molecule has 1 heterocycles.